The lowest BCUT2D eigenvalue weighted by Gasteiger charge is -2.28. The second kappa shape index (κ2) is 5.74. The van der Waals surface area contributed by atoms with E-state index in [9.17, 15) is 14.4 Å². The standard InChI is InChI=1S/C16H23NO5/c1-5-21-14(20)16-7-6-12(18)17(16)10-11(9-16)8-13(19)22-15(2,3)4/h8H,5-7,9-10H2,1-4H3/t16-/m0/s1. The lowest BCUT2D eigenvalue weighted by atomic mass is 9.92. The SMILES string of the molecule is CCOC(=O)[C@@]12CCC(=O)N1CC(=CC(=O)OC(C)(C)C)C2. The zero-order chi connectivity index (χ0) is 16.5. The maximum absolute atomic E-state index is 12.3. The van der Waals surface area contributed by atoms with Crippen molar-refractivity contribution < 1.29 is 23.9 Å². The van der Waals surface area contributed by atoms with E-state index >= 15 is 0 Å². The van der Waals surface area contributed by atoms with E-state index in [4.69, 9.17) is 9.47 Å². The second-order valence-electron chi connectivity index (χ2n) is 6.74. The molecule has 2 fully saturated rings. The number of amides is 1. The maximum Gasteiger partial charge on any atom is 0.332 e. The van der Waals surface area contributed by atoms with Gasteiger partial charge in [-0.2, -0.15) is 0 Å². The van der Waals surface area contributed by atoms with Gasteiger partial charge in [-0.25, -0.2) is 9.59 Å². The monoisotopic (exact) mass is 309 g/mol. The fourth-order valence-electron chi connectivity index (χ4n) is 3.02. The molecule has 2 heterocycles. The van der Waals surface area contributed by atoms with Gasteiger partial charge in [0.25, 0.3) is 0 Å². The molecule has 2 saturated heterocycles. The first-order chi connectivity index (χ1) is 10.2. The normalized spacial score (nSPS) is 26.3. The van der Waals surface area contributed by atoms with Crippen LogP contribution in [0.25, 0.3) is 0 Å². The summed E-state index contributed by atoms with van der Waals surface area (Å²) in [4.78, 5) is 37.7. The lowest BCUT2D eigenvalue weighted by molar-refractivity contribution is -0.157. The number of ether oxygens (including phenoxy) is 2. The van der Waals surface area contributed by atoms with Crippen LogP contribution in [0.2, 0.25) is 0 Å². The van der Waals surface area contributed by atoms with Crippen molar-refractivity contribution in [2.24, 2.45) is 0 Å². The molecule has 0 aromatic heterocycles. The molecule has 0 N–H and O–H groups in total. The quantitative estimate of drug-likeness (QED) is 0.584. The van der Waals surface area contributed by atoms with Crippen LogP contribution >= 0.6 is 0 Å². The Morgan fingerprint density at radius 3 is 2.64 bits per heavy atom. The van der Waals surface area contributed by atoms with Crippen molar-refractivity contribution in [1.82, 2.24) is 4.90 Å². The van der Waals surface area contributed by atoms with Crippen LogP contribution < -0.4 is 0 Å². The van der Waals surface area contributed by atoms with E-state index in [2.05, 4.69) is 0 Å². The van der Waals surface area contributed by atoms with Crippen molar-refractivity contribution in [3.8, 4) is 0 Å². The first-order valence-corrected chi connectivity index (χ1v) is 7.58. The van der Waals surface area contributed by atoms with E-state index in [1.807, 2.05) is 0 Å². The van der Waals surface area contributed by atoms with Crippen LogP contribution in [0.5, 0.6) is 0 Å². The van der Waals surface area contributed by atoms with Crippen LogP contribution in [-0.4, -0.2) is 47.0 Å². The summed E-state index contributed by atoms with van der Waals surface area (Å²) >= 11 is 0. The highest BCUT2D eigenvalue weighted by Gasteiger charge is 2.56. The summed E-state index contributed by atoms with van der Waals surface area (Å²) in [6.45, 7) is 7.67. The van der Waals surface area contributed by atoms with E-state index in [0.29, 0.717) is 19.3 Å². The Morgan fingerprint density at radius 1 is 1.36 bits per heavy atom. The highest BCUT2D eigenvalue weighted by Crippen LogP contribution is 2.42. The van der Waals surface area contributed by atoms with E-state index in [0.717, 1.165) is 5.57 Å². The molecule has 6 nitrogen and oxygen atoms in total. The Hall–Kier alpha value is -1.85. The number of hydrogen-bond donors (Lipinski definition) is 0. The number of nitrogens with zero attached hydrogens (tertiary/aromatic N) is 1. The van der Waals surface area contributed by atoms with Crippen LogP contribution in [0.15, 0.2) is 11.6 Å². The zero-order valence-electron chi connectivity index (χ0n) is 13.6. The highest BCUT2D eigenvalue weighted by atomic mass is 16.6. The van der Waals surface area contributed by atoms with Gasteiger partial charge in [-0.05, 0) is 39.7 Å². The van der Waals surface area contributed by atoms with E-state index < -0.39 is 17.1 Å². The molecule has 0 aliphatic carbocycles. The molecule has 0 saturated carbocycles. The van der Waals surface area contributed by atoms with Gasteiger partial charge in [0.1, 0.15) is 11.1 Å². The number of rotatable bonds is 3. The minimum atomic E-state index is -0.930. The van der Waals surface area contributed by atoms with E-state index in [1.165, 1.54) is 6.08 Å². The molecule has 0 aromatic carbocycles. The van der Waals surface area contributed by atoms with Gasteiger partial charge in [-0.3, -0.25) is 4.79 Å². The molecule has 1 atom stereocenters. The summed E-state index contributed by atoms with van der Waals surface area (Å²) in [6.07, 6.45) is 2.53. The molecule has 2 aliphatic heterocycles. The van der Waals surface area contributed by atoms with Crippen LogP contribution in [-0.2, 0) is 23.9 Å². The van der Waals surface area contributed by atoms with Crippen LogP contribution in [0, 0.1) is 0 Å². The van der Waals surface area contributed by atoms with Gasteiger partial charge in [0.15, 0.2) is 0 Å². The maximum atomic E-state index is 12.3. The lowest BCUT2D eigenvalue weighted by Crippen LogP contribution is -2.48. The molecule has 2 rings (SSSR count). The predicted octanol–water partition coefficient (Wildman–Crippen LogP) is 1.58. The molecule has 0 spiro atoms. The van der Waals surface area contributed by atoms with Crippen molar-refractivity contribution in [2.45, 2.75) is 58.1 Å². The number of fused-ring (bicyclic) bond motifs is 1. The Bertz CT molecular complexity index is 531. The Balaban J connectivity index is 2.18. The number of carbonyl (C=O) groups is 3. The van der Waals surface area contributed by atoms with Crippen LogP contribution in [0.4, 0.5) is 0 Å². The molecule has 6 heteroatoms. The Morgan fingerprint density at radius 2 is 2.05 bits per heavy atom. The van der Waals surface area contributed by atoms with E-state index in [-0.39, 0.29) is 25.0 Å². The van der Waals surface area contributed by atoms with Crippen LogP contribution in [0.1, 0.15) is 47.0 Å². The Kier molecular flexibility index (Phi) is 4.31. The number of hydrogen-bond acceptors (Lipinski definition) is 5. The van der Waals surface area contributed by atoms with Gasteiger partial charge >= 0.3 is 11.9 Å². The van der Waals surface area contributed by atoms with E-state index in [1.54, 1.807) is 32.6 Å². The van der Waals surface area contributed by atoms with Gasteiger partial charge in [0.2, 0.25) is 5.91 Å². The molecular weight excluding hydrogens is 286 g/mol. The molecule has 2 aliphatic rings. The summed E-state index contributed by atoms with van der Waals surface area (Å²) in [5.41, 5.74) is -0.770. The zero-order valence-corrected chi connectivity index (χ0v) is 13.6. The van der Waals surface area contributed by atoms with Crippen molar-refractivity contribution in [3.63, 3.8) is 0 Å². The molecule has 1 amide bonds. The van der Waals surface area contributed by atoms with Gasteiger partial charge < -0.3 is 14.4 Å². The van der Waals surface area contributed by atoms with Crippen molar-refractivity contribution in [1.29, 1.82) is 0 Å². The first kappa shape index (κ1) is 16.5. The molecule has 0 unspecified atom stereocenters. The fraction of sp³-hybridized carbons (Fsp3) is 0.688. The third-order valence-corrected chi connectivity index (χ3v) is 3.84. The third kappa shape index (κ3) is 3.15. The second-order valence-corrected chi connectivity index (χ2v) is 6.74. The first-order valence-electron chi connectivity index (χ1n) is 7.58. The smallest absolute Gasteiger partial charge is 0.332 e. The largest absolute Gasteiger partial charge is 0.464 e. The minimum Gasteiger partial charge on any atom is -0.464 e. The predicted molar refractivity (Wildman–Crippen MR) is 78.9 cm³/mol. The summed E-state index contributed by atoms with van der Waals surface area (Å²) < 4.78 is 10.4. The molecule has 122 valence electrons. The molecular formula is C16H23NO5. The van der Waals surface area contributed by atoms with Crippen molar-refractivity contribution in [3.05, 3.63) is 11.6 Å². The molecule has 0 aromatic rings. The topological polar surface area (TPSA) is 72.9 Å². The average Bonchev–Trinajstić information content (AvgIpc) is 2.86. The molecule has 0 radical (unpaired) electrons. The molecule has 0 bridgehead atoms. The highest BCUT2D eigenvalue weighted by molar-refractivity contribution is 5.94. The Labute approximate surface area is 130 Å². The minimum absolute atomic E-state index is 0.0689. The third-order valence-electron chi connectivity index (χ3n) is 3.84. The summed E-state index contributed by atoms with van der Waals surface area (Å²) in [7, 11) is 0. The molecule has 22 heavy (non-hydrogen) atoms. The van der Waals surface area contributed by atoms with Gasteiger partial charge in [-0.15, -0.1) is 0 Å². The van der Waals surface area contributed by atoms with Crippen molar-refractivity contribution in [2.75, 3.05) is 13.2 Å². The summed E-state index contributed by atoms with van der Waals surface area (Å²) in [5.74, 6) is -0.899. The number of esters is 2. The van der Waals surface area contributed by atoms with Gasteiger partial charge in [-0.1, -0.05) is 0 Å². The average molecular weight is 309 g/mol. The van der Waals surface area contributed by atoms with Gasteiger partial charge in [0.05, 0.1) is 6.61 Å². The van der Waals surface area contributed by atoms with Crippen molar-refractivity contribution >= 4 is 17.8 Å². The van der Waals surface area contributed by atoms with Gasteiger partial charge in [0, 0.05) is 25.5 Å². The van der Waals surface area contributed by atoms with Crippen LogP contribution in [0.3, 0.4) is 0 Å². The fourth-order valence-corrected chi connectivity index (χ4v) is 3.02. The number of carbonyl (C=O) groups excluding carboxylic acids is 3. The summed E-state index contributed by atoms with van der Waals surface area (Å²) in [6, 6.07) is 0. The summed E-state index contributed by atoms with van der Waals surface area (Å²) in [5, 5.41) is 0.